The summed E-state index contributed by atoms with van der Waals surface area (Å²) in [4.78, 5) is 13.9. The Hall–Kier alpha value is -1.19. The first-order valence-electron chi connectivity index (χ1n) is 5.08. The Balaban J connectivity index is 3.03. The van der Waals surface area contributed by atoms with Crippen LogP contribution >= 0.6 is 0 Å². The van der Waals surface area contributed by atoms with Gasteiger partial charge in [-0.05, 0) is 20.5 Å². The molecule has 0 bridgehead atoms. The zero-order valence-corrected chi connectivity index (χ0v) is 9.53. The summed E-state index contributed by atoms with van der Waals surface area (Å²) in [5.74, 6) is -0.0319. The first-order chi connectivity index (χ1) is 7.02. The van der Waals surface area contributed by atoms with E-state index < -0.39 is 5.66 Å². The highest BCUT2D eigenvalue weighted by Gasteiger charge is 2.34. The maximum atomic E-state index is 12.2. The predicted molar refractivity (Wildman–Crippen MR) is 61.7 cm³/mol. The van der Waals surface area contributed by atoms with Gasteiger partial charge in [-0.2, -0.15) is 0 Å². The second-order valence-electron chi connectivity index (χ2n) is 3.87. The van der Waals surface area contributed by atoms with Crippen LogP contribution in [0.15, 0.2) is 30.3 Å². The number of benzene rings is 1. The first kappa shape index (κ1) is 11.9. The summed E-state index contributed by atoms with van der Waals surface area (Å²) in [6.45, 7) is 1.92. The molecule has 0 fully saturated rings. The van der Waals surface area contributed by atoms with Crippen molar-refractivity contribution in [2.75, 3.05) is 14.1 Å². The average Bonchev–Trinajstić information content (AvgIpc) is 2.28. The number of hydrogen-bond acceptors (Lipinski definition) is 3. The molecule has 1 unspecified atom stereocenters. The third kappa shape index (κ3) is 2.25. The minimum absolute atomic E-state index is 0.0319. The van der Waals surface area contributed by atoms with E-state index in [1.54, 1.807) is 17.0 Å². The summed E-state index contributed by atoms with van der Waals surface area (Å²) in [6, 6.07) is 9.17. The molecule has 3 heteroatoms. The van der Waals surface area contributed by atoms with E-state index in [-0.39, 0.29) is 5.78 Å². The second kappa shape index (κ2) is 4.55. The third-order valence-corrected chi connectivity index (χ3v) is 2.77. The maximum absolute atomic E-state index is 12.2. The zero-order chi connectivity index (χ0) is 11.5. The van der Waals surface area contributed by atoms with Crippen LogP contribution < -0.4 is 5.73 Å². The van der Waals surface area contributed by atoms with E-state index >= 15 is 0 Å². The topological polar surface area (TPSA) is 46.3 Å². The summed E-state index contributed by atoms with van der Waals surface area (Å²) in [7, 11) is 3.65. The van der Waals surface area contributed by atoms with Gasteiger partial charge >= 0.3 is 0 Å². The normalized spacial score (nSPS) is 15.0. The summed E-state index contributed by atoms with van der Waals surface area (Å²) in [5, 5.41) is 0. The molecular weight excluding hydrogens is 188 g/mol. The Morgan fingerprint density at radius 2 is 1.87 bits per heavy atom. The number of Topliss-reactive ketones (excluding diaryl/α,β-unsaturated/α-hetero) is 1. The maximum Gasteiger partial charge on any atom is 0.197 e. The fraction of sp³-hybridized carbons (Fsp3) is 0.417. The smallest absolute Gasteiger partial charge is 0.197 e. The SMILES string of the molecule is CCC(N)(C(=O)c1ccccc1)N(C)C. The lowest BCUT2D eigenvalue weighted by Crippen LogP contribution is -2.58. The minimum Gasteiger partial charge on any atom is -0.307 e. The first-order valence-corrected chi connectivity index (χ1v) is 5.08. The zero-order valence-electron chi connectivity index (χ0n) is 9.53. The van der Waals surface area contributed by atoms with E-state index in [1.807, 2.05) is 39.2 Å². The molecule has 1 aromatic carbocycles. The van der Waals surface area contributed by atoms with Gasteiger partial charge in [0.2, 0.25) is 0 Å². The van der Waals surface area contributed by atoms with Gasteiger partial charge in [0.1, 0.15) is 5.66 Å². The monoisotopic (exact) mass is 206 g/mol. The summed E-state index contributed by atoms with van der Waals surface area (Å²) < 4.78 is 0. The van der Waals surface area contributed by atoms with Gasteiger partial charge in [-0.3, -0.25) is 9.69 Å². The molecule has 0 heterocycles. The van der Waals surface area contributed by atoms with Gasteiger partial charge in [-0.1, -0.05) is 37.3 Å². The van der Waals surface area contributed by atoms with E-state index in [1.165, 1.54) is 0 Å². The van der Waals surface area contributed by atoms with Crippen molar-refractivity contribution in [3.05, 3.63) is 35.9 Å². The number of nitrogens with zero attached hydrogens (tertiary/aromatic N) is 1. The van der Waals surface area contributed by atoms with Crippen molar-refractivity contribution in [3.8, 4) is 0 Å². The second-order valence-corrected chi connectivity index (χ2v) is 3.87. The van der Waals surface area contributed by atoms with Gasteiger partial charge in [0.05, 0.1) is 0 Å². The molecule has 82 valence electrons. The highest BCUT2D eigenvalue weighted by atomic mass is 16.1. The Morgan fingerprint density at radius 3 is 2.27 bits per heavy atom. The molecule has 0 aliphatic rings. The molecule has 0 spiro atoms. The number of ketones is 1. The number of carbonyl (C=O) groups is 1. The van der Waals surface area contributed by atoms with E-state index in [2.05, 4.69) is 0 Å². The number of likely N-dealkylation sites (N-methyl/N-ethyl adjacent to an activating group) is 1. The van der Waals surface area contributed by atoms with Crippen LogP contribution in [-0.2, 0) is 0 Å². The lowest BCUT2D eigenvalue weighted by molar-refractivity contribution is 0.0682. The summed E-state index contributed by atoms with van der Waals surface area (Å²) >= 11 is 0. The quantitative estimate of drug-likeness (QED) is 0.600. The molecule has 0 aliphatic heterocycles. The van der Waals surface area contributed by atoms with Crippen LogP contribution in [0.5, 0.6) is 0 Å². The molecule has 2 N–H and O–H groups in total. The molecule has 1 rings (SSSR count). The van der Waals surface area contributed by atoms with Crippen molar-refractivity contribution in [3.63, 3.8) is 0 Å². The molecular formula is C12H18N2O. The molecule has 15 heavy (non-hydrogen) atoms. The molecule has 0 aromatic heterocycles. The van der Waals surface area contributed by atoms with Gasteiger partial charge in [0, 0.05) is 5.56 Å². The fourth-order valence-corrected chi connectivity index (χ4v) is 1.52. The summed E-state index contributed by atoms with van der Waals surface area (Å²) in [5.41, 5.74) is 5.85. The van der Waals surface area contributed by atoms with Crippen LogP contribution in [0.4, 0.5) is 0 Å². The van der Waals surface area contributed by atoms with Crippen LogP contribution in [0, 0.1) is 0 Å². The highest BCUT2D eigenvalue weighted by molar-refractivity contribution is 6.02. The van der Waals surface area contributed by atoms with E-state index in [4.69, 9.17) is 5.73 Å². The van der Waals surface area contributed by atoms with Gasteiger partial charge in [-0.15, -0.1) is 0 Å². The lowest BCUT2D eigenvalue weighted by atomic mass is 9.95. The predicted octanol–water partition coefficient (Wildman–Crippen LogP) is 1.50. The number of nitrogens with two attached hydrogens (primary N) is 1. The van der Waals surface area contributed by atoms with E-state index in [0.29, 0.717) is 12.0 Å². The molecule has 0 saturated carbocycles. The summed E-state index contributed by atoms with van der Waals surface area (Å²) in [6.07, 6.45) is 0.591. The van der Waals surface area contributed by atoms with Crippen molar-refractivity contribution >= 4 is 5.78 Å². The number of rotatable bonds is 4. The fourth-order valence-electron chi connectivity index (χ4n) is 1.52. The van der Waals surface area contributed by atoms with Crippen LogP contribution in [-0.4, -0.2) is 30.4 Å². The standard InChI is InChI=1S/C12H18N2O/c1-4-12(13,14(2)3)11(15)10-8-6-5-7-9-10/h5-9H,4,13H2,1-3H3. The van der Waals surface area contributed by atoms with Crippen molar-refractivity contribution < 1.29 is 4.79 Å². The largest absolute Gasteiger partial charge is 0.307 e. The minimum atomic E-state index is -0.901. The Morgan fingerprint density at radius 1 is 1.33 bits per heavy atom. The Bertz CT molecular complexity index is 335. The molecule has 3 nitrogen and oxygen atoms in total. The van der Waals surface area contributed by atoms with Crippen LogP contribution in [0.1, 0.15) is 23.7 Å². The van der Waals surface area contributed by atoms with Crippen LogP contribution in [0.3, 0.4) is 0 Å². The Kier molecular flexibility index (Phi) is 3.61. The van der Waals surface area contributed by atoms with Crippen LogP contribution in [0.2, 0.25) is 0 Å². The van der Waals surface area contributed by atoms with Crippen molar-refractivity contribution in [1.82, 2.24) is 4.90 Å². The van der Waals surface area contributed by atoms with E-state index in [0.717, 1.165) is 0 Å². The number of carbonyl (C=O) groups excluding carboxylic acids is 1. The van der Waals surface area contributed by atoms with Gasteiger partial charge in [0.15, 0.2) is 5.78 Å². The van der Waals surface area contributed by atoms with E-state index in [9.17, 15) is 4.79 Å². The molecule has 0 aliphatic carbocycles. The highest BCUT2D eigenvalue weighted by Crippen LogP contribution is 2.16. The van der Waals surface area contributed by atoms with Crippen LogP contribution in [0.25, 0.3) is 0 Å². The third-order valence-electron chi connectivity index (χ3n) is 2.77. The van der Waals surface area contributed by atoms with Crippen molar-refractivity contribution in [2.45, 2.75) is 19.0 Å². The Labute approximate surface area is 90.9 Å². The molecule has 1 aromatic rings. The molecule has 0 saturated heterocycles. The molecule has 1 atom stereocenters. The average molecular weight is 206 g/mol. The van der Waals surface area contributed by atoms with Gasteiger partial charge < -0.3 is 5.73 Å². The number of hydrogen-bond donors (Lipinski definition) is 1. The van der Waals surface area contributed by atoms with Crippen molar-refractivity contribution in [2.24, 2.45) is 5.73 Å². The van der Waals surface area contributed by atoms with Crippen molar-refractivity contribution in [1.29, 1.82) is 0 Å². The van der Waals surface area contributed by atoms with Gasteiger partial charge in [0.25, 0.3) is 0 Å². The van der Waals surface area contributed by atoms with Gasteiger partial charge in [-0.25, -0.2) is 0 Å². The molecule has 0 radical (unpaired) electrons. The lowest BCUT2D eigenvalue weighted by Gasteiger charge is -2.33. The molecule has 0 amide bonds.